The van der Waals surface area contributed by atoms with Crippen molar-refractivity contribution in [3.8, 4) is 5.75 Å². The van der Waals surface area contributed by atoms with Gasteiger partial charge in [0.1, 0.15) is 5.75 Å². The van der Waals surface area contributed by atoms with Crippen LogP contribution in [-0.2, 0) is 21.5 Å². The van der Waals surface area contributed by atoms with E-state index in [4.69, 9.17) is 4.74 Å². The molecule has 1 spiro atoms. The van der Waals surface area contributed by atoms with Crippen LogP contribution in [0.5, 0.6) is 5.75 Å². The molecular weight excluding hydrogens is 398 g/mol. The Morgan fingerprint density at radius 3 is 2.81 bits per heavy atom. The monoisotopic (exact) mass is 419 g/mol. The number of ether oxygens (including phenoxy) is 1. The lowest BCUT2D eigenvalue weighted by Gasteiger charge is -2.33. The van der Waals surface area contributed by atoms with Crippen molar-refractivity contribution in [3.05, 3.63) is 59.2 Å². The largest absolute Gasteiger partial charge is 0.493 e. The number of anilines is 1. The molecule has 31 heavy (non-hydrogen) atoms. The maximum atomic E-state index is 13.3. The number of urea groups is 1. The highest BCUT2D eigenvalue weighted by Gasteiger charge is 2.55. The molecule has 2 N–H and O–H groups in total. The fourth-order valence-corrected chi connectivity index (χ4v) is 4.50. The Balaban J connectivity index is 1.40. The van der Waals surface area contributed by atoms with Gasteiger partial charge >= 0.3 is 6.03 Å². The normalized spacial score (nSPS) is 22.2. The Morgan fingerprint density at radius 2 is 1.94 bits per heavy atom. The van der Waals surface area contributed by atoms with Crippen molar-refractivity contribution < 1.29 is 23.9 Å². The number of benzene rings is 2. The molecule has 3 heterocycles. The van der Waals surface area contributed by atoms with E-state index in [-0.39, 0.29) is 18.2 Å². The Labute approximate surface area is 178 Å². The molecule has 4 amide bonds. The summed E-state index contributed by atoms with van der Waals surface area (Å²) in [6, 6.07) is 11.6. The van der Waals surface area contributed by atoms with Crippen LogP contribution >= 0.6 is 0 Å². The first-order chi connectivity index (χ1) is 15.0. The summed E-state index contributed by atoms with van der Waals surface area (Å²) in [6.45, 7) is -0.0536. The average Bonchev–Trinajstić information content (AvgIpc) is 2.90. The third-order valence-corrected chi connectivity index (χ3v) is 6.11. The van der Waals surface area contributed by atoms with Gasteiger partial charge in [-0.25, -0.2) is 4.79 Å². The maximum Gasteiger partial charge on any atom is 0.325 e. The van der Waals surface area contributed by atoms with E-state index in [1.54, 1.807) is 42.5 Å². The summed E-state index contributed by atoms with van der Waals surface area (Å²) in [5.41, 5.74) is 1.39. The molecule has 3 aliphatic heterocycles. The van der Waals surface area contributed by atoms with Crippen molar-refractivity contribution in [1.29, 1.82) is 0 Å². The first-order valence-corrected chi connectivity index (χ1v) is 10.3. The minimum atomic E-state index is -1.20. The first kappa shape index (κ1) is 19.3. The maximum absolute atomic E-state index is 13.3. The lowest BCUT2D eigenvalue weighted by atomic mass is 9.84. The highest BCUT2D eigenvalue weighted by atomic mass is 16.5. The molecule has 8 heteroatoms. The zero-order valence-electron chi connectivity index (χ0n) is 16.8. The number of carbonyl (C=O) groups is 4. The van der Waals surface area contributed by atoms with Crippen molar-refractivity contribution in [1.82, 2.24) is 10.2 Å². The molecular formula is C23H21N3O5. The highest BCUT2D eigenvalue weighted by molar-refractivity contribution is 6.12. The number of aryl methyl sites for hydroxylation is 1. The predicted octanol–water partition coefficient (Wildman–Crippen LogP) is 2.37. The number of imide groups is 1. The van der Waals surface area contributed by atoms with Gasteiger partial charge < -0.3 is 15.4 Å². The minimum absolute atomic E-state index is 0.0424. The summed E-state index contributed by atoms with van der Waals surface area (Å²) < 4.78 is 5.63. The summed E-state index contributed by atoms with van der Waals surface area (Å²) in [6.07, 6.45) is 2.12. The third-order valence-electron chi connectivity index (χ3n) is 6.11. The first-order valence-electron chi connectivity index (χ1n) is 10.3. The van der Waals surface area contributed by atoms with Crippen molar-refractivity contribution >= 4 is 29.3 Å². The molecule has 0 bridgehead atoms. The molecule has 0 saturated carbocycles. The van der Waals surface area contributed by atoms with Crippen molar-refractivity contribution in [2.24, 2.45) is 0 Å². The molecule has 1 saturated heterocycles. The summed E-state index contributed by atoms with van der Waals surface area (Å²) in [4.78, 5) is 51.7. The summed E-state index contributed by atoms with van der Waals surface area (Å²) in [7, 11) is 0. The molecule has 1 atom stereocenters. The van der Waals surface area contributed by atoms with E-state index in [9.17, 15) is 19.2 Å². The Kier molecular flexibility index (Phi) is 4.50. The predicted molar refractivity (Wildman–Crippen MR) is 111 cm³/mol. The van der Waals surface area contributed by atoms with Crippen molar-refractivity contribution in [3.63, 3.8) is 0 Å². The second-order valence-corrected chi connectivity index (χ2v) is 8.02. The number of hydrogen-bond acceptors (Lipinski definition) is 5. The number of ketones is 1. The van der Waals surface area contributed by atoms with Crippen molar-refractivity contribution in [2.45, 2.75) is 31.2 Å². The topological polar surface area (TPSA) is 105 Å². The SMILES string of the molecule is O=C1CCCc2cc(C(=O)CN3C(=O)NC4(CCOc5ccccc54)C3=O)ccc2N1. The van der Waals surface area contributed by atoms with Crippen LogP contribution in [0.15, 0.2) is 42.5 Å². The van der Waals surface area contributed by atoms with Gasteiger partial charge in [0, 0.05) is 29.7 Å². The van der Waals surface area contributed by atoms with E-state index in [0.29, 0.717) is 54.9 Å². The highest BCUT2D eigenvalue weighted by Crippen LogP contribution is 2.41. The molecule has 5 rings (SSSR count). The second kappa shape index (κ2) is 7.23. The number of amides is 4. The fourth-order valence-electron chi connectivity index (χ4n) is 4.50. The number of hydrogen-bond donors (Lipinski definition) is 2. The number of fused-ring (bicyclic) bond motifs is 3. The van der Waals surface area contributed by atoms with Gasteiger partial charge in [0.15, 0.2) is 11.3 Å². The number of Topliss-reactive ketones (excluding diaryl/α,β-unsaturated/α-hetero) is 1. The van der Waals surface area contributed by atoms with E-state index in [1.165, 1.54) is 0 Å². The average molecular weight is 419 g/mol. The van der Waals surface area contributed by atoms with Gasteiger partial charge in [-0.1, -0.05) is 18.2 Å². The van der Waals surface area contributed by atoms with E-state index < -0.39 is 17.5 Å². The number of rotatable bonds is 3. The van der Waals surface area contributed by atoms with Gasteiger partial charge in [-0.15, -0.1) is 0 Å². The van der Waals surface area contributed by atoms with Crippen LogP contribution in [0.4, 0.5) is 10.5 Å². The lowest BCUT2D eigenvalue weighted by molar-refractivity contribution is -0.132. The third kappa shape index (κ3) is 3.15. The number of para-hydroxylation sites is 1. The summed E-state index contributed by atoms with van der Waals surface area (Å²) in [5.74, 6) is -0.259. The fraction of sp³-hybridized carbons (Fsp3) is 0.304. The Hall–Kier alpha value is -3.68. The number of nitrogens with zero attached hydrogens (tertiary/aromatic N) is 1. The molecule has 2 aromatic rings. The quantitative estimate of drug-likeness (QED) is 0.587. The summed E-state index contributed by atoms with van der Waals surface area (Å²) >= 11 is 0. The molecule has 2 aromatic carbocycles. The smallest absolute Gasteiger partial charge is 0.325 e. The molecule has 158 valence electrons. The van der Waals surface area contributed by atoms with Gasteiger partial charge in [0.05, 0.1) is 13.2 Å². The summed E-state index contributed by atoms with van der Waals surface area (Å²) in [5, 5.41) is 5.64. The molecule has 1 unspecified atom stereocenters. The lowest BCUT2D eigenvalue weighted by Crippen LogP contribution is -2.47. The van der Waals surface area contributed by atoms with Gasteiger partial charge in [0.25, 0.3) is 5.91 Å². The van der Waals surface area contributed by atoms with Crippen LogP contribution in [0.3, 0.4) is 0 Å². The second-order valence-electron chi connectivity index (χ2n) is 8.02. The van der Waals surface area contributed by atoms with Crippen LogP contribution < -0.4 is 15.4 Å². The van der Waals surface area contributed by atoms with Gasteiger partial charge in [0.2, 0.25) is 5.91 Å². The molecule has 1 fully saturated rings. The van der Waals surface area contributed by atoms with E-state index in [0.717, 1.165) is 10.5 Å². The molecule has 3 aliphatic rings. The van der Waals surface area contributed by atoms with Crippen molar-refractivity contribution in [2.75, 3.05) is 18.5 Å². The van der Waals surface area contributed by atoms with Gasteiger partial charge in [-0.3, -0.25) is 19.3 Å². The van der Waals surface area contributed by atoms with E-state index in [2.05, 4.69) is 10.6 Å². The minimum Gasteiger partial charge on any atom is -0.493 e. The zero-order valence-corrected chi connectivity index (χ0v) is 16.8. The zero-order chi connectivity index (χ0) is 21.6. The molecule has 0 aromatic heterocycles. The van der Waals surface area contributed by atoms with E-state index in [1.807, 2.05) is 0 Å². The van der Waals surface area contributed by atoms with Gasteiger partial charge in [-0.05, 0) is 42.7 Å². The molecule has 0 aliphatic carbocycles. The standard InChI is InChI=1S/C23H21N3O5/c27-18(15-8-9-17-14(12-15)4-3-7-20(28)24-17)13-26-21(29)23(25-22(26)30)10-11-31-19-6-2-1-5-16(19)23/h1-2,5-6,8-9,12H,3-4,7,10-11,13H2,(H,24,28)(H,25,30). The van der Waals surface area contributed by atoms with Crippen LogP contribution in [-0.4, -0.2) is 41.7 Å². The Morgan fingerprint density at radius 1 is 1.10 bits per heavy atom. The van der Waals surface area contributed by atoms with Crippen LogP contribution in [0.1, 0.15) is 40.7 Å². The Bertz CT molecular complexity index is 1130. The molecule has 0 radical (unpaired) electrons. The number of nitrogens with one attached hydrogen (secondary N) is 2. The van der Waals surface area contributed by atoms with Crippen LogP contribution in [0.25, 0.3) is 0 Å². The number of carbonyl (C=O) groups excluding carboxylic acids is 4. The van der Waals surface area contributed by atoms with E-state index >= 15 is 0 Å². The van der Waals surface area contributed by atoms with Gasteiger partial charge in [-0.2, -0.15) is 0 Å². The molecule has 8 nitrogen and oxygen atoms in total. The van der Waals surface area contributed by atoms with Crippen LogP contribution in [0.2, 0.25) is 0 Å². The van der Waals surface area contributed by atoms with Crippen LogP contribution in [0, 0.1) is 0 Å².